The summed E-state index contributed by atoms with van der Waals surface area (Å²) in [6, 6.07) is -0.778. The van der Waals surface area contributed by atoms with E-state index in [2.05, 4.69) is 16.0 Å². The van der Waals surface area contributed by atoms with Gasteiger partial charge in [0.25, 0.3) is 0 Å². The first kappa shape index (κ1) is 26.8. The highest BCUT2D eigenvalue weighted by molar-refractivity contribution is 5.91. The zero-order valence-corrected chi connectivity index (χ0v) is 18.3. The zero-order valence-electron chi connectivity index (χ0n) is 18.3. The molecule has 0 aromatic carbocycles. The second-order valence-corrected chi connectivity index (χ2v) is 8.57. The molecule has 0 aliphatic rings. The van der Waals surface area contributed by atoms with Crippen molar-refractivity contribution in [1.29, 1.82) is 0 Å². The van der Waals surface area contributed by atoms with Crippen molar-refractivity contribution in [1.82, 2.24) is 21.4 Å². The Morgan fingerprint density at radius 1 is 0.966 bits per heavy atom. The largest absolute Gasteiger partial charge is 0.353 e. The molecular formula is C19H37N5O5. The lowest BCUT2D eigenvalue weighted by Gasteiger charge is -2.39. The molecule has 0 saturated carbocycles. The third kappa shape index (κ3) is 9.71. The maximum Gasteiger partial charge on any atom is 0.244 e. The molecule has 2 unspecified atom stereocenters. The minimum absolute atomic E-state index is 0.0809. The molecule has 0 aromatic heterocycles. The van der Waals surface area contributed by atoms with Gasteiger partial charge in [-0.2, -0.15) is 0 Å². The number of carbonyl (C=O) groups is 4. The van der Waals surface area contributed by atoms with Gasteiger partial charge in [0.1, 0.15) is 6.04 Å². The van der Waals surface area contributed by atoms with Gasteiger partial charge in [0, 0.05) is 19.5 Å². The Morgan fingerprint density at radius 3 is 2.00 bits per heavy atom. The molecule has 3 atom stereocenters. The van der Waals surface area contributed by atoms with Gasteiger partial charge in [0.15, 0.2) is 0 Å². The average molecular weight is 416 g/mol. The van der Waals surface area contributed by atoms with Crippen LogP contribution >= 0.6 is 0 Å². The SMILES string of the molecule is CC(C)C(C(CC(=O)NO)C(=O)NCC(=O)N[C@@H](C)C(=O)NCCN)C(C)(C)C. The number of amides is 4. The Kier molecular flexibility index (Phi) is 11.4. The third-order valence-corrected chi connectivity index (χ3v) is 4.66. The second kappa shape index (κ2) is 12.4. The van der Waals surface area contributed by atoms with Crippen molar-refractivity contribution in [2.45, 2.75) is 54.0 Å². The lowest BCUT2D eigenvalue weighted by atomic mass is 9.66. The minimum atomic E-state index is -0.778. The van der Waals surface area contributed by atoms with E-state index in [9.17, 15) is 19.2 Å². The molecule has 0 aliphatic heterocycles. The predicted octanol–water partition coefficient (Wildman–Crippen LogP) is -0.488. The van der Waals surface area contributed by atoms with Crippen molar-refractivity contribution >= 4 is 23.6 Å². The van der Waals surface area contributed by atoms with Crippen LogP contribution in [0.1, 0.15) is 48.0 Å². The molecule has 0 fully saturated rings. The lowest BCUT2D eigenvalue weighted by Crippen LogP contribution is -2.50. The van der Waals surface area contributed by atoms with Crippen LogP contribution in [0.5, 0.6) is 0 Å². The molecule has 29 heavy (non-hydrogen) atoms. The predicted molar refractivity (Wildman–Crippen MR) is 108 cm³/mol. The monoisotopic (exact) mass is 415 g/mol. The van der Waals surface area contributed by atoms with Crippen molar-refractivity contribution in [2.75, 3.05) is 19.6 Å². The van der Waals surface area contributed by atoms with Crippen LogP contribution in [0.3, 0.4) is 0 Å². The number of hydroxylamine groups is 1. The summed E-state index contributed by atoms with van der Waals surface area (Å²) in [5.74, 6) is -2.87. The molecule has 0 aromatic rings. The standard InChI is InChI=1S/C19H37N5O5/c1-11(2)16(19(4,5)6)13(9-14(25)24-29)18(28)22-10-15(26)23-12(3)17(27)21-8-7-20/h11-13,16,29H,7-10,20H2,1-6H3,(H,21,27)(H,22,28)(H,23,26)(H,24,25)/t12-,13?,16?/m0/s1. The van der Waals surface area contributed by atoms with Crippen molar-refractivity contribution in [3.05, 3.63) is 0 Å². The maximum absolute atomic E-state index is 12.8. The first-order valence-corrected chi connectivity index (χ1v) is 9.82. The number of hydrogen-bond donors (Lipinski definition) is 6. The quantitative estimate of drug-likeness (QED) is 0.197. The molecule has 4 amide bonds. The van der Waals surface area contributed by atoms with Gasteiger partial charge in [0.05, 0.1) is 12.5 Å². The summed E-state index contributed by atoms with van der Waals surface area (Å²) < 4.78 is 0. The van der Waals surface area contributed by atoms with Crippen LogP contribution in [0, 0.1) is 23.2 Å². The van der Waals surface area contributed by atoms with Gasteiger partial charge < -0.3 is 21.7 Å². The van der Waals surface area contributed by atoms with E-state index in [0.717, 1.165) is 0 Å². The summed E-state index contributed by atoms with van der Waals surface area (Å²) >= 11 is 0. The van der Waals surface area contributed by atoms with Gasteiger partial charge in [-0.1, -0.05) is 34.6 Å². The molecule has 7 N–H and O–H groups in total. The molecule has 0 spiro atoms. The van der Waals surface area contributed by atoms with Crippen molar-refractivity contribution < 1.29 is 24.4 Å². The summed E-state index contributed by atoms with van der Waals surface area (Å²) in [5, 5.41) is 16.5. The number of rotatable bonds is 11. The molecule has 0 radical (unpaired) electrons. The fourth-order valence-corrected chi connectivity index (χ4v) is 3.70. The lowest BCUT2D eigenvalue weighted by molar-refractivity contribution is -0.139. The van der Waals surface area contributed by atoms with Crippen LogP contribution in [0.25, 0.3) is 0 Å². The van der Waals surface area contributed by atoms with Crippen LogP contribution in [0.2, 0.25) is 0 Å². The van der Waals surface area contributed by atoms with Crippen LogP contribution in [0.15, 0.2) is 0 Å². The Balaban J connectivity index is 5.07. The van der Waals surface area contributed by atoms with Gasteiger partial charge >= 0.3 is 0 Å². The Labute approximate surface area is 172 Å². The van der Waals surface area contributed by atoms with Crippen molar-refractivity contribution in [3.63, 3.8) is 0 Å². The van der Waals surface area contributed by atoms with Crippen molar-refractivity contribution in [3.8, 4) is 0 Å². The zero-order chi connectivity index (χ0) is 22.8. The van der Waals surface area contributed by atoms with E-state index < -0.39 is 29.7 Å². The average Bonchev–Trinajstić information content (AvgIpc) is 2.61. The highest BCUT2D eigenvalue weighted by Crippen LogP contribution is 2.39. The van der Waals surface area contributed by atoms with Crippen LogP contribution in [0.4, 0.5) is 0 Å². The van der Waals surface area contributed by atoms with Crippen LogP contribution in [-0.4, -0.2) is 54.5 Å². The van der Waals surface area contributed by atoms with E-state index in [-0.39, 0.29) is 42.7 Å². The third-order valence-electron chi connectivity index (χ3n) is 4.66. The highest BCUT2D eigenvalue weighted by Gasteiger charge is 2.39. The van der Waals surface area contributed by atoms with Crippen molar-refractivity contribution in [2.24, 2.45) is 28.9 Å². The van der Waals surface area contributed by atoms with E-state index in [1.807, 2.05) is 34.6 Å². The van der Waals surface area contributed by atoms with Gasteiger partial charge in [-0.15, -0.1) is 0 Å². The first-order valence-electron chi connectivity index (χ1n) is 9.82. The van der Waals surface area contributed by atoms with E-state index in [0.29, 0.717) is 6.54 Å². The summed E-state index contributed by atoms with van der Waals surface area (Å²) in [4.78, 5) is 48.4. The molecule has 10 nitrogen and oxygen atoms in total. The van der Waals surface area contributed by atoms with E-state index >= 15 is 0 Å². The minimum Gasteiger partial charge on any atom is -0.353 e. The smallest absolute Gasteiger partial charge is 0.244 e. The molecule has 0 heterocycles. The van der Waals surface area contributed by atoms with Gasteiger partial charge in [-0.3, -0.25) is 24.4 Å². The fraction of sp³-hybridized carbons (Fsp3) is 0.789. The summed E-state index contributed by atoms with van der Waals surface area (Å²) in [5.41, 5.74) is 6.59. The van der Waals surface area contributed by atoms with Crippen LogP contribution < -0.4 is 27.2 Å². The Hall–Kier alpha value is -2.20. The molecule has 10 heteroatoms. The number of nitrogens with one attached hydrogen (secondary N) is 4. The summed E-state index contributed by atoms with van der Waals surface area (Å²) in [6.45, 7) is 11.6. The number of hydrogen-bond acceptors (Lipinski definition) is 6. The fourth-order valence-electron chi connectivity index (χ4n) is 3.70. The van der Waals surface area contributed by atoms with Gasteiger partial charge in [0.2, 0.25) is 23.6 Å². The van der Waals surface area contributed by atoms with E-state index in [1.165, 1.54) is 6.92 Å². The highest BCUT2D eigenvalue weighted by atomic mass is 16.5. The Morgan fingerprint density at radius 2 is 1.55 bits per heavy atom. The topological polar surface area (TPSA) is 163 Å². The molecule has 0 rings (SSSR count). The molecule has 0 bridgehead atoms. The van der Waals surface area contributed by atoms with Gasteiger partial charge in [-0.05, 0) is 24.2 Å². The van der Waals surface area contributed by atoms with E-state index in [1.54, 1.807) is 5.48 Å². The first-order chi connectivity index (χ1) is 13.3. The molecular weight excluding hydrogens is 378 g/mol. The molecule has 168 valence electrons. The number of nitrogens with two attached hydrogens (primary N) is 1. The normalized spacial score (nSPS) is 14.5. The molecule has 0 aliphatic carbocycles. The van der Waals surface area contributed by atoms with Crippen LogP contribution in [-0.2, 0) is 19.2 Å². The molecule has 0 saturated heterocycles. The summed E-state index contributed by atoms with van der Waals surface area (Å²) in [7, 11) is 0. The second-order valence-electron chi connectivity index (χ2n) is 8.57. The maximum atomic E-state index is 12.8. The van der Waals surface area contributed by atoms with E-state index in [4.69, 9.17) is 10.9 Å². The number of carbonyl (C=O) groups excluding carboxylic acids is 4. The Bertz CT molecular complexity index is 574. The van der Waals surface area contributed by atoms with Gasteiger partial charge in [-0.25, -0.2) is 5.48 Å². The summed E-state index contributed by atoms with van der Waals surface area (Å²) in [6.07, 6.45) is -0.206.